The first-order valence-electron chi connectivity index (χ1n) is 10.6. The molecule has 0 aliphatic carbocycles. The molecule has 3 aromatic rings. The van der Waals surface area contributed by atoms with Crippen LogP contribution in [0.2, 0.25) is 5.02 Å². The van der Waals surface area contributed by atoms with Gasteiger partial charge in [-0.05, 0) is 47.6 Å². The van der Waals surface area contributed by atoms with Gasteiger partial charge in [-0.25, -0.2) is 0 Å². The van der Waals surface area contributed by atoms with Crippen molar-refractivity contribution in [2.75, 3.05) is 12.3 Å². The summed E-state index contributed by atoms with van der Waals surface area (Å²) in [5.74, 6) is -1.23. The summed E-state index contributed by atoms with van der Waals surface area (Å²) in [4.78, 5) is 40.0. The highest BCUT2D eigenvalue weighted by molar-refractivity contribution is 7.09. The van der Waals surface area contributed by atoms with E-state index in [2.05, 4.69) is 9.69 Å². The Morgan fingerprint density at radius 1 is 1.21 bits per heavy atom. The smallest absolute Gasteiger partial charge is 0.270 e. The van der Waals surface area contributed by atoms with E-state index in [1.807, 2.05) is 13.8 Å². The second-order valence-electron chi connectivity index (χ2n) is 8.05. The molecule has 3 amide bonds. The molecule has 2 heterocycles. The standard InChI is InChI=1S/C23H26ClN5O4S/c1-13(2)9-10-27-22(31)19(16-8-5-11-33-16)29(12-14-6-3-4-7-15(14)24)23(32)20-17(25)18(21(26)30)28-34-20/h3-8,11,13,19H,9-10,12,25H2,1-2H3,(H2,26,30)(H,27,31)/t19-/m0/s1. The van der Waals surface area contributed by atoms with Crippen LogP contribution in [0.15, 0.2) is 47.1 Å². The Bertz CT molecular complexity index is 1160. The average molecular weight is 504 g/mol. The number of hydrogen-bond acceptors (Lipinski definition) is 7. The molecule has 2 aromatic heterocycles. The van der Waals surface area contributed by atoms with Gasteiger partial charge in [-0.2, -0.15) is 4.37 Å². The molecule has 34 heavy (non-hydrogen) atoms. The summed E-state index contributed by atoms with van der Waals surface area (Å²) in [6.45, 7) is 4.50. The summed E-state index contributed by atoms with van der Waals surface area (Å²) in [5.41, 5.74) is 11.6. The first-order valence-corrected chi connectivity index (χ1v) is 11.8. The van der Waals surface area contributed by atoms with Gasteiger partial charge in [0.2, 0.25) is 0 Å². The van der Waals surface area contributed by atoms with Gasteiger partial charge in [-0.3, -0.25) is 14.4 Å². The fourth-order valence-corrected chi connectivity index (χ4v) is 4.26. The number of furan rings is 1. The molecule has 0 bridgehead atoms. The van der Waals surface area contributed by atoms with Crippen molar-refractivity contribution in [3.63, 3.8) is 0 Å². The Kier molecular flexibility index (Phi) is 8.30. The molecule has 9 nitrogen and oxygen atoms in total. The summed E-state index contributed by atoms with van der Waals surface area (Å²) in [5, 5.41) is 3.31. The third-order valence-corrected chi connectivity index (χ3v) is 6.33. The van der Waals surface area contributed by atoms with Gasteiger partial charge >= 0.3 is 0 Å². The lowest BCUT2D eigenvalue weighted by Gasteiger charge is -2.30. The van der Waals surface area contributed by atoms with Crippen LogP contribution in [0.1, 0.15) is 57.8 Å². The largest absolute Gasteiger partial charge is 0.467 e. The fourth-order valence-electron chi connectivity index (χ4n) is 3.30. The molecule has 0 saturated carbocycles. The molecular weight excluding hydrogens is 478 g/mol. The van der Waals surface area contributed by atoms with Crippen molar-refractivity contribution in [1.82, 2.24) is 14.6 Å². The zero-order valence-electron chi connectivity index (χ0n) is 18.8. The minimum Gasteiger partial charge on any atom is -0.467 e. The number of carbonyl (C=O) groups excluding carboxylic acids is 3. The molecule has 0 spiro atoms. The van der Waals surface area contributed by atoms with Gasteiger partial charge in [0.15, 0.2) is 11.7 Å². The highest BCUT2D eigenvalue weighted by Gasteiger charge is 2.36. The minimum absolute atomic E-state index is 0.00705. The third-order valence-electron chi connectivity index (χ3n) is 5.11. The molecule has 11 heteroatoms. The summed E-state index contributed by atoms with van der Waals surface area (Å²) < 4.78 is 9.47. The first kappa shape index (κ1) is 25.3. The first-order chi connectivity index (χ1) is 16.2. The number of primary amides is 1. The second-order valence-corrected chi connectivity index (χ2v) is 9.23. The summed E-state index contributed by atoms with van der Waals surface area (Å²) in [6, 6.07) is 9.12. The molecule has 0 radical (unpaired) electrons. The fraction of sp³-hybridized carbons (Fsp3) is 0.304. The van der Waals surface area contributed by atoms with Crippen molar-refractivity contribution in [3.8, 4) is 0 Å². The van der Waals surface area contributed by atoms with Gasteiger partial charge in [0.05, 0.1) is 12.0 Å². The van der Waals surface area contributed by atoms with E-state index in [1.165, 1.54) is 11.2 Å². The van der Waals surface area contributed by atoms with Gasteiger partial charge in [0, 0.05) is 18.1 Å². The lowest BCUT2D eigenvalue weighted by molar-refractivity contribution is -0.126. The molecule has 0 saturated heterocycles. The number of rotatable bonds is 10. The highest BCUT2D eigenvalue weighted by atomic mass is 35.5. The molecule has 0 unspecified atom stereocenters. The predicted molar refractivity (Wildman–Crippen MR) is 130 cm³/mol. The number of amides is 3. The SMILES string of the molecule is CC(C)CCNC(=O)[C@H](c1ccco1)N(Cc1ccccc1Cl)C(=O)c1snc(C(N)=O)c1N. The molecule has 1 atom stereocenters. The van der Waals surface area contributed by atoms with Gasteiger partial charge < -0.3 is 26.1 Å². The normalized spacial score (nSPS) is 11.9. The average Bonchev–Trinajstić information content (AvgIpc) is 3.44. The molecule has 180 valence electrons. The summed E-state index contributed by atoms with van der Waals surface area (Å²) >= 11 is 7.11. The predicted octanol–water partition coefficient (Wildman–Crippen LogP) is 3.62. The van der Waals surface area contributed by atoms with Crippen LogP contribution >= 0.6 is 23.1 Å². The third kappa shape index (κ3) is 5.75. The van der Waals surface area contributed by atoms with Crippen molar-refractivity contribution in [1.29, 1.82) is 0 Å². The quantitative estimate of drug-likeness (QED) is 0.385. The maximum atomic E-state index is 13.7. The van der Waals surface area contributed by atoms with Crippen LogP contribution in [0.3, 0.4) is 0 Å². The van der Waals surface area contributed by atoms with E-state index in [9.17, 15) is 14.4 Å². The van der Waals surface area contributed by atoms with Crippen molar-refractivity contribution < 1.29 is 18.8 Å². The molecule has 0 aliphatic heterocycles. The Hall–Kier alpha value is -3.37. The maximum Gasteiger partial charge on any atom is 0.270 e. The van der Waals surface area contributed by atoms with Crippen molar-refractivity contribution in [2.45, 2.75) is 32.9 Å². The summed E-state index contributed by atoms with van der Waals surface area (Å²) in [7, 11) is 0. The van der Waals surface area contributed by atoms with E-state index in [0.29, 0.717) is 23.0 Å². The van der Waals surface area contributed by atoms with Crippen LogP contribution in [0.4, 0.5) is 5.69 Å². The van der Waals surface area contributed by atoms with Gasteiger partial charge in [0.1, 0.15) is 10.6 Å². The Morgan fingerprint density at radius 2 is 1.94 bits per heavy atom. The molecule has 5 N–H and O–H groups in total. The van der Waals surface area contributed by atoms with Crippen LogP contribution in [0.5, 0.6) is 0 Å². The van der Waals surface area contributed by atoms with E-state index in [0.717, 1.165) is 18.0 Å². The summed E-state index contributed by atoms with van der Waals surface area (Å²) in [6.07, 6.45) is 2.19. The number of hydrogen-bond donors (Lipinski definition) is 3. The maximum absolute atomic E-state index is 13.7. The number of halogens is 1. The molecular formula is C23H26ClN5O4S. The number of nitrogens with one attached hydrogen (secondary N) is 1. The Morgan fingerprint density at radius 3 is 2.53 bits per heavy atom. The van der Waals surface area contributed by atoms with Crippen LogP contribution in [0.25, 0.3) is 0 Å². The van der Waals surface area contributed by atoms with E-state index < -0.39 is 23.8 Å². The monoisotopic (exact) mass is 503 g/mol. The van der Waals surface area contributed by atoms with E-state index in [4.69, 9.17) is 27.5 Å². The van der Waals surface area contributed by atoms with Crippen molar-refractivity contribution >= 4 is 46.5 Å². The van der Waals surface area contributed by atoms with Gasteiger partial charge in [-0.1, -0.05) is 43.6 Å². The van der Waals surface area contributed by atoms with E-state index in [-0.39, 0.29) is 28.6 Å². The number of benzene rings is 1. The number of carbonyl (C=O) groups is 3. The van der Waals surface area contributed by atoms with Crippen LogP contribution in [-0.2, 0) is 11.3 Å². The van der Waals surface area contributed by atoms with Gasteiger partial charge in [0.25, 0.3) is 17.7 Å². The van der Waals surface area contributed by atoms with Crippen LogP contribution < -0.4 is 16.8 Å². The number of nitrogen functional groups attached to an aromatic ring is 1. The van der Waals surface area contributed by atoms with E-state index in [1.54, 1.807) is 36.4 Å². The highest BCUT2D eigenvalue weighted by Crippen LogP contribution is 2.31. The zero-order chi connectivity index (χ0) is 24.8. The Balaban J connectivity index is 2.05. The van der Waals surface area contributed by atoms with Crippen molar-refractivity contribution in [3.05, 3.63) is 69.6 Å². The molecule has 1 aromatic carbocycles. The second kappa shape index (κ2) is 11.2. The van der Waals surface area contributed by atoms with Crippen LogP contribution in [-0.4, -0.2) is 33.5 Å². The zero-order valence-corrected chi connectivity index (χ0v) is 20.4. The van der Waals surface area contributed by atoms with Crippen molar-refractivity contribution in [2.24, 2.45) is 11.7 Å². The minimum atomic E-state index is -1.12. The molecule has 0 fully saturated rings. The van der Waals surface area contributed by atoms with Gasteiger partial charge in [-0.15, -0.1) is 0 Å². The lowest BCUT2D eigenvalue weighted by atomic mass is 10.1. The Labute approximate surface area is 206 Å². The van der Waals surface area contributed by atoms with Crippen LogP contribution in [0, 0.1) is 5.92 Å². The topological polar surface area (TPSA) is 145 Å². The molecule has 0 aliphatic rings. The number of nitrogens with two attached hydrogens (primary N) is 2. The number of nitrogens with zero attached hydrogens (tertiary/aromatic N) is 2. The number of anilines is 1. The number of aromatic nitrogens is 1. The van der Waals surface area contributed by atoms with E-state index >= 15 is 0 Å². The lowest BCUT2D eigenvalue weighted by Crippen LogP contribution is -2.43. The molecule has 3 rings (SSSR count).